The number of carbonyl (C=O) groups excluding carboxylic acids is 1. The van der Waals surface area contributed by atoms with Crippen LogP contribution in [0.3, 0.4) is 0 Å². The maximum absolute atomic E-state index is 12.8. The van der Waals surface area contributed by atoms with Gasteiger partial charge in [0.05, 0.1) is 17.7 Å². The van der Waals surface area contributed by atoms with Crippen molar-refractivity contribution in [3.8, 4) is 5.75 Å². The smallest absolute Gasteiger partial charge is 0.417 e. The standard InChI is InChI=1S/C20H21ClF3N3O2/c1-29-16-5-2-14(3-6-16)4-7-18(28)26-8-10-27(11-9-26)19-17(21)12-15(13-25-19)20(22,23)24/h2-3,5-6,12-13H,4,7-11H2,1H3. The summed E-state index contributed by atoms with van der Waals surface area (Å²) in [5, 5.41) is -0.0425. The van der Waals surface area contributed by atoms with Crippen LogP contribution in [0, 0.1) is 0 Å². The lowest BCUT2D eigenvalue weighted by Gasteiger charge is -2.36. The summed E-state index contributed by atoms with van der Waals surface area (Å²) >= 11 is 6.01. The molecule has 2 aromatic rings. The van der Waals surface area contributed by atoms with E-state index in [0.29, 0.717) is 44.8 Å². The number of nitrogens with zero attached hydrogens (tertiary/aromatic N) is 3. The molecule has 1 fully saturated rings. The van der Waals surface area contributed by atoms with Crippen molar-refractivity contribution >= 4 is 23.3 Å². The van der Waals surface area contributed by atoms with E-state index in [0.717, 1.165) is 23.6 Å². The molecule has 29 heavy (non-hydrogen) atoms. The van der Waals surface area contributed by atoms with Gasteiger partial charge in [0.25, 0.3) is 0 Å². The van der Waals surface area contributed by atoms with Crippen LogP contribution in [0.5, 0.6) is 5.75 Å². The fourth-order valence-corrected chi connectivity index (χ4v) is 3.47. The highest BCUT2D eigenvalue weighted by Gasteiger charge is 2.32. The zero-order valence-electron chi connectivity index (χ0n) is 15.9. The molecular weight excluding hydrogens is 407 g/mol. The Morgan fingerprint density at radius 1 is 1.17 bits per heavy atom. The largest absolute Gasteiger partial charge is 0.497 e. The third kappa shape index (κ3) is 5.32. The van der Waals surface area contributed by atoms with Crippen molar-refractivity contribution in [3.63, 3.8) is 0 Å². The van der Waals surface area contributed by atoms with Crippen molar-refractivity contribution in [2.45, 2.75) is 19.0 Å². The minimum Gasteiger partial charge on any atom is -0.497 e. The van der Waals surface area contributed by atoms with Crippen LogP contribution in [0.1, 0.15) is 17.5 Å². The van der Waals surface area contributed by atoms with Gasteiger partial charge in [-0.05, 0) is 30.2 Å². The van der Waals surface area contributed by atoms with Crippen molar-refractivity contribution in [3.05, 3.63) is 52.7 Å². The van der Waals surface area contributed by atoms with Gasteiger partial charge >= 0.3 is 6.18 Å². The summed E-state index contributed by atoms with van der Waals surface area (Å²) in [7, 11) is 1.60. The van der Waals surface area contributed by atoms with Gasteiger partial charge in [-0.15, -0.1) is 0 Å². The van der Waals surface area contributed by atoms with Gasteiger partial charge in [0.1, 0.15) is 11.6 Å². The summed E-state index contributed by atoms with van der Waals surface area (Å²) in [6.45, 7) is 1.87. The van der Waals surface area contributed by atoms with Crippen LogP contribution < -0.4 is 9.64 Å². The van der Waals surface area contributed by atoms with Gasteiger partial charge in [0.15, 0.2) is 0 Å². The molecule has 1 aliphatic heterocycles. The molecule has 3 rings (SSSR count). The highest BCUT2D eigenvalue weighted by molar-refractivity contribution is 6.33. The maximum atomic E-state index is 12.8. The number of anilines is 1. The topological polar surface area (TPSA) is 45.7 Å². The van der Waals surface area contributed by atoms with Gasteiger partial charge in [-0.25, -0.2) is 4.98 Å². The van der Waals surface area contributed by atoms with Crippen molar-refractivity contribution < 1.29 is 22.7 Å². The molecule has 0 atom stereocenters. The second-order valence-electron chi connectivity index (χ2n) is 6.74. The first-order valence-corrected chi connectivity index (χ1v) is 9.54. The van der Waals surface area contributed by atoms with Crippen LogP contribution in [0.15, 0.2) is 36.5 Å². The fourth-order valence-electron chi connectivity index (χ4n) is 3.19. The van der Waals surface area contributed by atoms with Crippen LogP contribution in [0.25, 0.3) is 0 Å². The summed E-state index contributed by atoms with van der Waals surface area (Å²) in [5.41, 5.74) is 0.178. The number of rotatable bonds is 5. The molecule has 0 spiro atoms. The normalized spacial score (nSPS) is 14.8. The van der Waals surface area contributed by atoms with E-state index in [-0.39, 0.29) is 10.9 Å². The number of carbonyl (C=O) groups is 1. The molecule has 1 aromatic heterocycles. The Kier molecular flexibility index (Phi) is 6.52. The van der Waals surface area contributed by atoms with Gasteiger partial charge in [0.2, 0.25) is 5.91 Å². The first kappa shape index (κ1) is 21.2. The number of amides is 1. The van der Waals surface area contributed by atoms with Crippen LogP contribution >= 0.6 is 11.6 Å². The minimum absolute atomic E-state index is 0.0425. The molecule has 1 amide bonds. The second kappa shape index (κ2) is 8.90. The first-order chi connectivity index (χ1) is 13.8. The lowest BCUT2D eigenvalue weighted by Crippen LogP contribution is -2.49. The number of benzene rings is 1. The Hall–Kier alpha value is -2.48. The predicted molar refractivity (Wildman–Crippen MR) is 104 cm³/mol. The second-order valence-corrected chi connectivity index (χ2v) is 7.15. The Labute approximate surface area is 172 Å². The highest BCUT2D eigenvalue weighted by Crippen LogP contribution is 2.33. The monoisotopic (exact) mass is 427 g/mol. The fraction of sp³-hybridized carbons (Fsp3) is 0.400. The van der Waals surface area contributed by atoms with Crippen LogP contribution in [-0.2, 0) is 17.4 Å². The van der Waals surface area contributed by atoms with E-state index in [1.807, 2.05) is 24.3 Å². The average molecular weight is 428 g/mol. The van der Waals surface area contributed by atoms with Gasteiger partial charge < -0.3 is 14.5 Å². The third-order valence-electron chi connectivity index (χ3n) is 4.87. The Bertz CT molecular complexity index is 851. The number of hydrogen-bond acceptors (Lipinski definition) is 4. The summed E-state index contributed by atoms with van der Waals surface area (Å²) in [6, 6.07) is 8.47. The quantitative estimate of drug-likeness (QED) is 0.722. The van der Waals surface area contributed by atoms with Gasteiger partial charge in [-0.2, -0.15) is 13.2 Å². The zero-order chi connectivity index (χ0) is 21.0. The summed E-state index contributed by atoms with van der Waals surface area (Å²) in [4.78, 5) is 19.9. The molecule has 0 bridgehead atoms. The van der Waals surface area contributed by atoms with E-state index in [4.69, 9.17) is 16.3 Å². The molecule has 9 heteroatoms. The van der Waals surface area contributed by atoms with Crippen molar-refractivity contribution in [1.29, 1.82) is 0 Å². The molecule has 1 aromatic carbocycles. The number of methoxy groups -OCH3 is 1. The number of piperazine rings is 1. The lowest BCUT2D eigenvalue weighted by molar-refractivity contribution is -0.137. The summed E-state index contributed by atoms with van der Waals surface area (Å²) in [5.74, 6) is 1.13. The van der Waals surface area contributed by atoms with E-state index >= 15 is 0 Å². The Balaban J connectivity index is 1.52. The number of alkyl halides is 3. The first-order valence-electron chi connectivity index (χ1n) is 9.16. The predicted octanol–water partition coefficient (Wildman–Crippen LogP) is 4.04. The molecule has 0 aliphatic carbocycles. The third-order valence-corrected chi connectivity index (χ3v) is 5.15. The van der Waals surface area contributed by atoms with Gasteiger partial charge in [0, 0.05) is 38.8 Å². The molecule has 5 nitrogen and oxygen atoms in total. The van der Waals surface area contributed by atoms with Gasteiger partial charge in [-0.3, -0.25) is 4.79 Å². The summed E-state index contributed by atoms with van der Waals surface area (Å²) in [6.07, 6.45) is -2.67. The van der Waals surface area contributed by atoms with E-state index < -0.39 is 11.7 Å². The average Bonchev–Trinajstić information content (AvgIpc) is 2.72. The van der Waals surface area contributed by atoms with Crippen LogP contribution in [-0.4, -0.2) is 49.1 Å². The van der Waals surface area contributed by atoms with E-state index in [2.05, 4.69) is 4.98 Å². The van der Waals surface area contributed by atoms with Gasteiger partial charge in [-0.1, -0.05) is 23.7 Å². The molecule has 0 radical (unpaired) electrons. The molecule has 1 saturated heterocycles. The van der Waals surface area contributed by atoms with Crippen LogP contribution in [0.2, 0.25) is 5.02 Å². The van der Waals surface area contributed by atoms with E-state index in [1.54, 1.807) is 16.9 Å². The Morgan fingerprint density at radius 3 is 2.38 bits per heavy atom. The molecule has 0 N–H and O–H groups in total. The number of aromatic nitrogens is 1. The SMILES string of the molecule is COc1ccc(CCC(=O)N2CCN(c3ncc(C(F)(F)F)cc3Cl)CC2)cc1. The number of aryl methyl sites for hydroxylation is 1. The van der Waals surface area contributed by atoms with E-state index in [9.17, 15) is 18.0 Å². The summed E-state index contributed by atoms with van der Waals surface area (Å²) < 4.78 is 43.4. The molecular formula is C20H21ClF3N3O2. The maximum Gasteiger partial charge on any atom is 0.417 e. The number of hydrogen-bond donors (Lipinski definition) is 0. The lowest BCUT2D eigenvalue weighted by atomic mass is 10.1. The molecule has 156 valence electrons. The zero-order valence-corrected chi connectivity index (χ0v) is 16.6. The number of pyridine rings is 1. The number of ether oxygens (including phenoxy) is 1. The molecule has 0 saturated carbocycles. The highest BCUT2D eigenvalue weighted by atomic mass is 35.5. The molecule has 2 heterocycles. The van der Waals surface area contributed by atoms with Crippen molar-refractivity contribution in [1.82, 2.24) is 9.88 Å². The number of halogens is 4. The van der Waals surface area contributed by atoms with Crippen LogP contribution in [0.4, 0.5) is 19.0 Å². The van der Waals surface area contributed by atoms with Crippen molar-refractivity contribution in [2.75, 3.05) is 38.2 Å². The Morgan fingerprint density at radius 2 is 1.83 bits per heavy atom. The van der Waals surface area contributed by atoms with Crippen molar-refractivity contribution in [2.24, 2.45) is 0 Å². The molecule has 1 aliphatic rings. The minimum atomic E-state index is -4.48. The molecule has 0 unspecified atom stereocenters. The van der Waals surface area contributed by atoms with E-state index in [1.165, 1.54) is 0 Å².